The van der Waals surface area contributed by atoms with Gasteiger partial charge in [-0.2, -0.15) is 0 Å². The minimum Gasteiger partial charge on any atom is -0.327 e. The summed E-state index contributed by atoms with van der Waals surface area (Å²) < 4.78 is 0. The van der Waals surface area contributed by atoms with Crippen molar-refractivity contribution in [3.63, 3.8) is 0 Å². The zero-order chi connectivity index (χ0) is 13.3. The molecule has 19 heavy (non-hydrogen) atoms. The fraction of sp³-hybridized carbons (Fsp3) is 0.533. The van der Waals surface area contributed by atoms with Gasteiger partial charge in [0.2, 0.25) is 5.91 Å². The lowest BCUT2D eigenvalue weighted by Crippen LogP contribution is -2.39. The zero-order valence-corrected chi connectivity index (χ0v) is 12.7. The second-order valence-corrected chi connectivity index (χ2v) is 5.44. The van der Waals surface area contributed by atoms with Gasteiger partial charge in [-0.1, -0.05) is 12.5 Å². The van der Waals surface area contributed by atoms with E-state index in [1.165, 1.54) is 11.1 Å². The van der Waals surface area contributed by atoms with E-state index in [-0.39, 0.29) is 30.3 Å². The summed E-state index contributed by atoms with van der Waals surface area (Å²) in [6.45, 7) is 4.10. The standard InChI is InChI=1S/C15H22N2O.ClH/c1-10-7-11(2)9-12(8-10)17(3)15(18)13-5-4-6-14(13)16;/h7-9,13-14H,4-6,16H2,1-3H3;1H. The van der Waals surface area contributed by atoms with Gasteiger partial charge in [0, 0.05) is 18.8 Å². The van der Waals surface area contributed by atoms with Crippen LogP contribution in [0.1, 0.15) is 30.4 Å². The van der Waals surface area contributed by atoms with Gasteiger partial charge in [-0.15, -0.1) is 12.4 Å². The number of aryl methyl sites for hydroxylation is 2. The molecule has 1 aromatic rings. The van der Waals surface area contributed by atoms with Crippen LogP contribution in [0.25, 0.3) is 0 Å². The smallest absolute Gasteiger partial charge is 0.231 e. The molecule has 0 aromatic heterocycles. The molecule has 1 saturated carbocycles. The number of benzene rings is 1. The van der Waals surface area contributed by atoms with Crippen LogP contribution in [0.15, 0.2) is 18.2 Å². The van der Waals surface area contributed by atoms with Crippen molar-refractivity contribution in [3.05, 3.63) is 29.3 Å². The van der Waals surface area contributed by atoms with Gasteiger partial charge in [0.1, 0.15) is 0 Å². The Morgan fingerprint density at radius 3 is 2.26 bits per heavy atom. The number of amides is 1. The van der Waals surface area contributed by atoms with E-state index in [4.69, 9.17) is 5.73 Å². The summed E-state index contributed by atoms with van der Waals surface area (Å²) in [6, 6.07) is 6.24. The van der Waals surface area contributed by atoms with Crippen molar-refractivity contribution in [3.8, 4) is 0 Å². The molecule has 1 amide bonds. The van der Waals surface area contributed by atoms with E-state index in [1.807, 2.05) is 19.2 Å². The van der Waals surface area contributed by atoms with E-state index >= 15 is 0 Å². The summed E-state index contributed by atoms with van der Waals surface area (Å²) in [6.07, 6.45) is 2.96. The average Bonchev–Trinajstić information content (AvgIpc) is 2.72. The van der Waals surface area contributed by atoms with Gasteiger partial charge in [-0.05, 0) is 49.9 Å². The average molecular weight is 283 g/mol. The summed E-state index contributed by atoms with van der Waals surface area (Å²) in [5, 5.41) is 0. The summed E-state index contributed by atoms with van der Waals surface area (Å²) in [4.78, 5) is 14.2. The Labute approximate surface area is 121 Å². The van der Waals surface area contributed by atoms with E-state index in [0.29, 0.717) is 0 Å². The molecule has 106 valence electrons. The number of rotatable bonds is 2. The molecule has 1 aromatic carbocycles. The lowest BCUT2D eigenvalue weighted by molar-refractivity contribution is -0.122. The molecular weight excluding hydrogens is 260 g/mol. The van der Waals surface area contributed by atoms with Crippen LogP contribution in [0.2, 0.25) is 0 Å². The fourth-order valence-corrected chi connectivity index (χ4v) is 2.82. The highest BCUT2D eigenvalue weighted by molar-refractivity contribution is 5.95. The number of carbonyl (C=O) groups is 1. The first-order chi connectivity index (χ1) is 8.49. The van der Waals surface area contributed by atoms with E-state index in [9.17, 15) is 4.79 Å². The predicted molar refractivity (Wildman–Crippen MR) is 81.9 cm³/mol. The van der Waals surface area contributed by atoms with Crippen LogP contribution in [0.5, 0.6) is 0 Å². The van der Waals surface area contributed by atoms with Crippen LogP contribution in [0.3, 0.4) is 0 Å². The van der Waals surface area contributed by atoms with Gasteiger partial charge < -0.3 is 10.6 Å². The van der Waals surface area contributed by atoms with Gasteiger partial charge >= 0.3 is 0 Å². The van der Waals surface area contributed by atoms with Crippen LogP contribution >= 0.6 is 12.4 Å². The first-order valence-corrected chi connectivity index (χ1v) is 6.60. The second kappa shape index (κ2) is 6.40. The van der Waals surface area contributed by atoms with Gasteiger partial charge in [0.15, 0.2) is 0 Å². The predicted octanol–water partition coefficient (Wildman–Crippen LogP) is 2.82. The molecule has 0 heterocycles. The van der Waals surface area contributed by atoms with Crippen LogP contribution in [0.4, 0.5) is 5.69 Å². The molecule has 2 atom stereocenters. The maximum absolute atomic E-state index is 12.4. The van der Waals surface area contributed by atoms with E-state index in [1.54, 1.807) is 4.90 Å². The summed E-state index contributed by atoms with van der Waals surface area (Å²) >= 11 is 0. The van der Waals surface area contributed by atoms with Crippen LogP contribution in [-0.2, 0) is 4.79 Å². The third-order valence-corrected chi connectivity index (χ3v) is 3.81. The number of hydrogen-bond acceptors (Lipinski definition) is 2. The Kier molecular flexibility index (Phi) is 5.39. The zero-order valence-electron chi connectivity index (χ0n) is 11.8. The number of carbonyl (C=O) groups excluding carboxylic acids is 1. The monoisotopic (exact) mass is 282 g/mol. The minimum atomic E-state index is -0.00387. The Bertz CT molecular complexity index is 441. The van der Waals surface area contributed by atoms with Gasteiger partial charge in [0.05, 0.1) is 5.92 Å². The van der Waals surface area contributed by atoms with E-state index in [2.05, 4.69) is 19.9 Å². The third-order valence-electron chi connectivity index (χ3n) is 3.81. The number of nitrogens with two attached hydrogens (primary N) is 1. The molecule has 1 aliphatic rings. The molecule has 0 radical (unpaired) electrons. The van der Waals surface area contributed by atoms with Crippen LogP contribution in [0, 0.1) is 19.8 Å². The Morgan fingerprint density at radius 2 is 1.79 bits per heavy atom. The van der Waals surface area contributed by atoms with Gasteiger partial charge in [-0.3, -0.25) is 4.79 Å². The first-order valence-electron chi connectivity index (χ1n) is 6.60. The number of hydrogen-bond donors (Lipinski definition) is 1. The molecule has 2 rings (SSSR count). The molecule has 1 fully saturated rings. The van der Waals surface area contributed by atoms with Crippen molar-refractivity contribution < 1.29 is 4.79 Å². The maximum atomic E-state index is 12.4. The highest BCUT2D eigenvalue weighted by Gasteiger charge is 2.32. The number of halogens is 1. The molecule has 0 saturated heterocycles. The highest BCUT2D eigenvalue weighted by Crippen LogP contribution is 2.28. The van der Waals surface area contributed by atoms with E-state index in [0.717, 1.165) is 24.9 Å². The van der Waals surface area contributed by atoms with Crippen molar-refractivity contribution in [1.29, 1.82) is 0 Å². The fourth-order valence-electron chi connectivity index (χ4n) is 2.82. The van der Waals surface area contributed by atoms with Crippen LogP contribution in [-0.4, -0.2) is 19.0 Å². The largest absolute Gasteiger partial charge is 0.327 e. The maximum Gasteiger partial charge on any atom is 0.231 e. The molecule has 0 bridgehead atoms. The molecule has 0 spiro atoms. The quantitative estimate of drug-likeness (QED) is 0.907. The second-order valence-electron chi connectivity index (χ2n) is 5.44. The molecule has 2 N–H and O–H groups in total. The summed E-state index contributed by atoms with van der Waals surface area (Å²) in [5.74, 6) is 0.154. The normalized spacial score (nSPS) is 21.9. The molecular formula is C15H23ClN2O. The molecule has 2 unspecified atom stereocenters. The lowest BCUT2D eigenvalue weighted by Gasteiger charge is -2.24. The van der Waals surface area contributed by atoms with E-state index < -0.39 is 0 Å². The molecule has 3 nitrogen and oxygen atoms in total. The van der Waals surface area contributed by atoms with Crippen molar-refractivity contribution in [1.82, 2.24) is 0 Å². The highest BCUT2D eigenvalue weighted by atomic mass is 35.5. The van der Waals surface area contributed by atoms with Crippen molar-refractivity contribution >= 4 is 24.0 Å². The van der Waals surface area contributed by atoms with Gasteiger partial charge in [-0.25, -0.2) is 0 Å². The van der Waals surface area contributed by atoms with Crippen molar-refractivity contribution in [2.45, 2.75) is 39.2 Å². The SMILES string of the molecule is Cc1cc(C)cc(N(C)C(=O)C2CCCC2N)c1.Cl. The van der Waals surface area contributed by atoms with Crippen molar-refractivity contribution in [2.24, 2.45) is 11.7 Å². The molecule has 0 aliphatic heterocycles. The summed E-state index contributed by atoms with van der Waals surface area (Å²) in [5.41, 5.74) is 9.34. The first kappa shape index (κ1) is 16.0. The summed E-state index contributed by atoms with van der Waals surface area (Å²) in [7, 11) is 1.85. The van der Waals surface area contributed by atoms with Gasteiger partial charge in [0.25, 0.3) is 0 Å². The minimum absolute atomic E-state index is 0. The third kappa shape index (κ3) is 3.48. The number of anilines is 1. The molecule has 1 aliphatic carbocycles. The van der Waals surface area contributed by atoms with Crippen molar-refractivity contribution in [2.75, 3.05) is 11.9 Å². The van der Waals surface area contributed by atoms with Crippen LogP contribution < -0.4 is 10.6 Å². The Hall–Kier alpha value is -1.06. The molecule has 4 heteroatoms. The Morgan fingerprint density at radius 1 is 1.21 bits per heavy atom. The lowest BCUT2D eigenvalue weighted by atomic mass is 10.0. The topological polar surface area (TPSA) is 46.3 Å². The number of nitrogens with zero attached hydrogens (tertiary/aromatic N) is 1. The Balaban J connectivity index is 0.00000180.